The number of Topliss-reactive ketones (excluding diaryl/α,β-unsaturated/α-hetero) is 1. The minimum Gasteiger partial charge on any atom is -0.391 e. The van der Waals surface area contributed by atoms with Crippen molar-refractivity contribution in [3.63, 3.8) is 0 Å². The molecule has 0 amide bonds. The van der Waals surface area contributed by atoms with Crippen LogP contribution in [-0.4, -0.2) is 32.0 Å². The van der Waals surface area contributed by atoms with Crippen molar-refractivity contribution in [1.82, 2.24) is 4.72 Å². The molecule has 6 heteroatoms. The Balaban J connectivity index is 1.96. The molecule has 0 unspecified atom stereocenters. The lowest BCUT2D eigenvalue weighted by Gasteiger charge is -2.26. The highest BCUT2D eigenvalue weighted by Gasteiger charge is 2.23. The second-order valence-corrected chi connectivity index (χ2v) is 7.66. The van der Waals surface area contributed by atoms with E-state index < -0.39 is 16.1 Å². The van der Waals surface area contributed by atoms with E-state index in [-0.39, 0.29) is 23.1 Å². The van der Waals surface area contributed by atoms with Crippen LogP contribution in [0.2, 0.25) is 0 Å². The first kappa shape index (κ1) is 17.1. The summed E-state index contributed by atoms with van der Waals surface area (Å²) in [5.74, 6) is 0.0705. The summed E-state index contributed by atoms with van der Waals surface area (Å²) in [5.41, 5.74) is 0.473. The number of carbonyl (C=O) groups excluding carboxylic acids is 1. The lowest BCUT2D eigenvalue weighted by atomic mass is 9.85. The zero-order valence-corrected chi connectivity index (χ0v) is 13.6. The van der Waals surface area contributed by atoms with Crippen LogP contribution in [-0.2, 0) is 10.0 Å². The Morgan fingerprint density at radius 3 is 2.36 bits per heavy atom. The highest BCUT2D eigenvalue weighted by atomic mass is 32.2. The molecule has 1 aliphatic carbocycles. The normalized spacial score (nSPS) is 18.1. The summed E-state index contributed by atoms with van der Waals surface area (Å²) in [6, 6.07) is 5.81. The number of hydrogen-bond acceptors (Lipinski definition) is 4. The van der Waals surface area contributed by atoms with E-state index in [1.54, 1.807) is 0 Å². The summed E-state index contributed by atoms with van der Waals surface area (Å²) in [5, 5.41) is 10.1. The molecule has 5 nitrogen and oxygen atoms in total. The maximum absolute atomic E-state index is 12.2. The topological polar surface area (TPSA) is 83.5 Å². The number of nitrogens with one attached hydrogen (secondary N) is 1. The van der Waals surface area contributed by atoms with Crippen LogP contribution in [0, 0.1) is 5.92 Å². The van der Waals surface area contributed by atoms with E-state index in [1.807, 2.05) is 0 Å². The average molecular weight is 325 g/mol. The van der Waals surface area contributed by atoms with Gasteiger partial charge in [-0.1, -0.05) is 31.4 Å². The molecule has 1 saturated carbocycles. The van der Waals surface area contributed by atoms with Gasteiger partial charge in [0, 0.05) is 12.1 Å². The number of rotatable bonds is 6. The third-order valence-corrected chi connectivity index (χ3v) is 5.69. The molecule has 0 spiro atoms. The lowest BCUT2D eigenvalue weighted by Crippen LogP contribution is -2.37. The van der Waals surface area contributed by atoms with Gasteiger partial charge in [-0.2, -0.15) is 0 Å². The minimum atomic E-state index is -3.66. The van der Waals surface area contributed by atoms with Gasteiger partial charge in [-0.25, -0.2) is 13.1 Å². The van der Waals surface area contributed by atoms with Crippen molar-refractivity contribution in [2.45, 2.75) is 50.0 Å². The van der Waals surface area contributed by atoms with Gasteiger partial charge in [0.25, 0.3) is 0 Å². The second-order valence-electron chi connectivity index (χ2n) is 5.90. The lowest BCUT2D eigenvalue weighted by molar-refractivity contribution is 0.0888. The van der Waals surface area contributed by atoms with Crippen molar-refractivity contribution in [1.29, 1.82) is 0 Å². The molecule has 0 aliphatic heterocycles. The predicted molar refractivity (Wildman–Crippen MR) is 84.2 cm³/mol. The van der Waals surface area contributed by atoms with Gasteiger partial charge in [0.05, 0.1) is 11.0 Å². The van der Waals surface area contributed by atoms with Gasteiger partial charge < -0.3 is 5.11 Å². The number of ketones is 1. The highest BCUT2D eigenvalue weighted by Crippen LogP contribution is 2.26. The van der Waals surface area contributed by atoms with Gasteiger partial charge in [-0.3, -0.25) is 4.79 Å². The fourth-order valence-electron chi connectivity index (χ4n) is 2.83. The van der Waals surface area contributed by atoms with Crippen molar-refractivity contribution >= 4 is 15.8 Å². The van der Waals surface area contributed by atoms with Crippen molar-refractivity contribution < 1.29 is 18.3 Å². The van der Waals surface area contributed by atoms with Crippen LogP contribution >= 0.6 is 0 Å². The van der Waals surface area contributed by atoms with E-state index in [0.717, 1.165) is 25.7 Å². The molecular formula is C16H23NO4S. The molecule has 0 aromatic heterocycles. The van der Waals surface area contributed by atoms with E-state index in [9.17, 15) is 18.3 Å². The summed E-state index contributed by atoms with van der Waals surface area (Å²) >= 11 is 0. The Morgan fingerprint density at radius 2 is 1.82 bits per heavy atom. The number of benzene rings is 1. The molecule has 2 rings (SSSR count). The number of aliphatic hydroxyl groups is 1. The third-order valence-electron chi connectivity index (χ3n) is 4.25. The summed E-state index contributed by atoms with van der Waals surface area (Å²) in [6.07, 6.45) is 4.65. The summed E-state index contributed by atoms with van der Waals surface area (Å²) in [6.45, 7) is 1.46. The number of carbonyl (C=O) groups is 1. The van der Waals surface area contributed by atoms with Crippen molar-refractivity contribution in [2.24, 2.45) is 5.92 Å². The fourth-order valence-corrected chi connectivity index (χ4v) is 3.88. The van der Waals surface area contributed by atoms with Gasteiger partial charge in [-0.15, -0.1) is 0 Å². The van der Waals surface area contributed by atoms with Crippen LogP contribution in [0.5, 0.6) is 0 Å². The quantitative estimate of drug-likeness (QED) is 0.785. The first-order valence-corrected chi connectivity index (χ1v) is 9.17. The van der Waals surface area contributed by atoms with Gasteiger partial charge in [0.1, 0.15) is 0 Å². The van der Waals surface area contributed by atoms with Crippen LogP contribution in [0.4, 0.5) is 0 Å². The smallest absolute Gasteiger partial charge is 0.240 e. The molecule has 1 atom stereocenters. The zero-order valence-electron chi connectivity index (χ0n) is 12.8. The van der Waals surface area contributed by atoms with E-state index in [4.69, 9.17) is 0 Å². The molecule has 122 valence electrons. The molecular weight excluding hydrogens is 302 g/mol. The average Bonchev–Trinajstić information content (AvgIpc) is 2.53. The van der Waals surface area contributed by atoms with E-state index >= 15 is 0 Å². The fraction of sp³-hybridized carbons (Fsp3) is 0.562. The maximum Gasteiger partial charge on any atom is 0.240 e. The van der Waals surface area contributed by atoms with Crippen molar-refractivity contribution in [3.05, 3.63) is 29.8 Å². The standard InChI is InChI=1S/C16H23NO4S/c1-12(18)13-7-9-15(10-8-13)22(20,21)17-11-16(19)14-5-3-2-4-6-14/h7-10,14,16-17,19H,2-6,11H2,1H3/t16-/m1/s1. The SMILES string of the molecule is CC(=O)c1ccc(S(=O)(=O)NC[C@@H](O)C2CCCCC2)cc1. The molecule has 0 heterocycles. The van der Waals surface area contributed by atoms with Crippen LogP contribution in [0.1, 0.15) is 49.4 Å². The minimum absolute atomic E-state index is 0.0292. The summed E-state index contributed by atoms with van der Waals surface area (Å²) in [4.78, 5) is 11.3. The Hall–Kier alpha value is -1.24. The second kappa shape index (κ2) is 7.35. The van der Waals surface area contributed by atoms with E-state index in [0.29, 0.717) is 5.56 Å². The number of sulfonamides is 1. The van der Waals surface area contributed by atoms with Gasteiger partial charge in [0.15, 0.2) is 5.78 Å². The molecule has 2 N–H and O–H groups in total. The van der Waals surface area contributed by atoms with E-state index in [1.165, 1.54) is 37.6 Å². The molecule has 0 saturated heterocycles. The third kappa shape index (κ3) is 4.38. The maximum atomic E-state index is 12.2. The first-order valence-electron chi connectivity index (χ1n) is 7.69. The molecule has 22 heavy (non-hydrogen) atoms. The van der Waals surface area contributed by atoms with E-state index in [2.05, 4.69) is 4.72 Å². The van der Waals surface area contributed by atoms with Crippen LogP contribution in [0.15, 0.2) is 29.2 Å². The Labute approximate surface area is 131 Å². The van der Waals surface area contributed by atoms with Crippen LogP contribution in [0.25, 0.3) is 0 Å². The largest absolute Gasteiger partial charge is 0.391 e. The Morgan fingerprint density at radius 1 is 1.23 bits per heavy atom. The van der Waals surface area contributed by atoms with Gasteiger partial charge >= 0.3 is 0 Å². The molecule has 1 aromatic carbocycles. The molecule has 1 fully saturated rings. The molecule has 1 aromatic rings. The van der Waals surface area contributed by atoms with Gasteiger partial charge in [-0.05, 0) is 37.8 Å². The summed E-state index contributed by atoms with van der Waals surface area (Å²) in [7, 11) is -3.66. The number of hydrogen-bond donors (Lipinski definition) is 2. The first-order chi connectivity index (χ1) is 10.4. The van der Waals surface area contributed by atoms with Crippen LogP contribution < -0.4 is 4.72 Å². The monoisotopic (exact) mass is 325 g/mol. The summed E-state index contributed by atoms with van der Waals surface area (Å²) < 4.78 is 26.8. The number of aliphatic hydroxyl groups excluding tert-OH is 1. The molecule has 0 bridgehead atoms. The molecule has 0 radical (unpaired) electrons. The van der Waals surface area contributed by atoms with Gasteiger partial charge in [0.2, 0.25) is 10.0 Å². The molecule has 1 aliphatic rings. The van der Waals surface area contributed by atoms with Crippen LogP contribution in [0.3, 0.4) is 0 Å². The Kier molecular flexibility index (Phi) is 5.72. The Bertz CT molecular complexity index is 604. The highest BCUT2D eigenvalue weighted by molar-refractivity contribution is 7.89. The predicted octanol–water partition coefficient (Wildman–Crippen LogP) is 2.11. The van der Waals surface area contributed by atoms with Crippen molar-refractivity contribution in [3.8, 4) is 0 Å². The zero-order chi connectivity index (χ0) is 16.2. The van der Waals surface area contributed by atoms with Crippen molar-refractivity contribution in [2.75, 3.05) is 6.54 Å².